The van der Waals surface area contributed by atoms with Gasteiger partial charge in [-0.05, 0) is 26.0 Å². The lowest BCUT2D eigenvalue weighted by Crippen LogP contribution is -2.15. The number of Topliss-reactive ketones (excluding diaryl/α,β-unsaturated/α-hetero) is 1. The Balaban J connectivity index is 3.16. The van der Waals surface area contributed by atoms with Gasteiger partial charge in [0.1, 0.15) is 5.82 Å². The van der Waals surface area contributed by atoms with Crippen molar-refractivity contribution in [2.24, 2.45) is 0 Å². The molecule has 1 aromatic rings. The smallest absolute Gasteiger partial charge is 0.341 e. The number of alkyl halides is 1. The highest BCUT2D eigenvalue weighted by Gasteiger charge is 2.21. The Bertz CT molecular complexity index is 443. The first kappa shape index (κ1) is 13.8. The molecular weight excluding hydrogens is 291 g/mol. The van der Waals surface area contributed by atoms with Gasteiger partial charge in [0, 0.05) is 0 Å². The zero-order valence-corrected chi connectivity index (χ0v) is 11.1. The predicted octanol–water partition coefficient (Wildman–Crippen LogP) is 2.97. The fourth-order valence-corrected chi connectivity index (χ4v) is 1.55. The molecule has 0 saturated heterocycles. The van der Waals surface area contributed by atoms with Crippen molar-refractivity contribution in [1.29, 1.82) is 0 Å². The van der Waals surface area contributed by atoms with Crippen LogP contribution in [-0.4, -0.2) is 23.2 Å². The largest absolute Gasteiger partial charge is 0.462 e. The molecule has 0 amide bonds. The van der Waals surface area contributed by atoms with Crippen molar-refractivity contribution in [3.05, 3.63) is 35.1 Å². The number of benzene rings is 1. The molecule has 1 aromatic carbocycles. The number of hydrogen-bond donors (Lipinski definition) is 0. The number of rotatable bonds is 4. The monoisotopic (exact) mass is 302 g/mol. The van der Waals surface area contributed by atoms with Crippen LogP contribution >= 0.6 is 15.9 Å². The van der Waals surface area contributed by atoms with Crippen molar-refractivity contribution in [2.75, 3.05) is 6.61 Å². The van der Waals surface area contributed by atoms with Gasteiger partial charge in [-0.15, -0.1) is 0 Å². The van der Waals surface area contributed by atoms with Crippen molar-refractivity contribution in [1.82, 2.24) is 0 Å². The Kier molecular flexibility index (Phi) is 4.81. The Hall–Kier alpha value is -1.23. The summed E-state index contributed by atoms with van der Waals surface area (Å²) in [4.78, 5) is 22.6. The fraction of sp³-hybridized carbons (Fsp3) is 0.333. The van der Waals surface area contributed by atoms with Gasteiger partial charge in [-0.25, -0.2) is 9.18 Å². The number of carbonyl (C=O) groups is 2. The van der Waals surface area contributed by atoms with Crippen LogP contribution in [0.25, 0.3) is 0 Å². The molecule has 0 bridgehead atoms. The van der Waals surface area contributed by atoms with Crippen LogP contribution in [0, 0.1) is 5.82 Å². The quantitative estimate of drug-likeness (QED) is 0.488. The summed E-state index contributed by atoms with van der Waals surface area (Å²) >= 11 is 3.07. The highest BCUT2D eigenvalue weighted by molar-refractivity contribution is 9.10. The average molecular weight is 303 g/mol. The van der Waals surface area contributed by atoms with E-state index in [4.69, 9.17) is 4.74 Å². The minimum atomic E-state index is -0.831. The van der Waals surface area contributed by atoms with Crippen molar-refractivity contribution >= 4 is 27.7 Å². The molecule has 0 N–H and O–H groups in total. The third-order valence-corrected chi connectivity index (χ3v) is 2.54. The summed E-state index contributed by atoms with van der Waals surface area (Å²) in [6, 6.07) is 4.10. The molecule has 0 radical (unpaired) electrons. The second-order valence-corrected chi connectivity index (χ2v) is 4.74. The second-order valence-electron chi connectivity index (χ2n) is 3.37. The standard InChI is InChI=1S/C12H12BrFO3/c1-3-17-12(16)9-6-4-5-8(10(9)14)11(15)7(2)13/h4-7H,3H2,1-2H3. The zero-order chi connectivity index (χ0) is 13.0. The summed E-state index contributed by atoms with van der Waals surface area (Å²) in [6.07, 6.45) is 0. The van der Waals surface area contributed by atoms with Gasteiger partial charge in [0.05, 0.1) is 22.6 Å². The summed E-state index contributed by atoms with van der Waals surface area (Å²) in [6.45, 7) is 3.38. The lowest BCUT2D eigenvalue weighted by molar-refractivity contribution is 0.0521. The molecule has 3 nitrogen and oxygen atoms in total. The van der Waals surface area contributed by atoms with E-state index in [0.717, 1.165) is 0 Å². The molecule has 0 saturated carbocycles. The summed E-state index contributed by atoms with van der Waals surface area (Å²) in [5.74, 6) is -2.00. The van der Waals surface area contributed by atoms with E-state index in [-0.39, 0.29) is 17.7 Å². The van der Waals surface area contributed by atoms with Crippen molar-refractivity contribution in [2.45, 2.75) is 18.7 Å². The van der Waals surface area contributed by atoms with Crippen LogP contribution in [0.5, 0.6) is 0 Å². The second kappa shape index (κ2) is 5.91. The number of carbonyl (C=O) groups excluding carboxylic acids is 2. The van der Waals surface area contributed by atoms with Crippen molar-refractivity contribution in [3.63, 3.8) is 0 Å². The minimum Gasteiger partial charge on any atom is -0.462 e. The lowest BCUT2D eigenvalue weighted by Gasteiger charge is -2.08. The van der Waals surface area contributed by atoms with Crippen LogP contribution in [0.2, 0.25) is 0 Å². The van der Waals surface area contributed by atoms with Crippen LogP contribution < -0.4 is 0 Å². The summed E-state index contributed by atoms with van der Waals surface area (Å²) < 4.78 is 18.6. The van der Waals surface area contributed by atoms with E-state index in [9.17, 15) is 14.0 Å². The van der Waals surface area contributed by atoms with E-state index in [1.807, 2.05) is 0 Å². The molecule has 0 aliphatic carbocycles. The predicted molar refractivity (Wildman–Crippen MR) is 65.1 cm³/mol. The van der Waals surface area contributed by atoms with Gasteiger partial charge >= 0.3 is 5.97 Å². The maximum Gasteiger partial charge on any atom is 0.341 e. The van der Waals surface area contributed by atoms with Gasteiger partial charge in [-0.2, -0.15) is 0 Å². The van der Waals surface area contributed by atoms with E-state index in [1.165, 1.54) is 18.2 Å². The highest BCUT2D eigenvalue weighted by Crippen LogP contribution is 2.18. The van der Waals surface area contributed by atoms with E-state index in [2.05, 4.69) is 15.9 Å². The average Bonchev–Trinajstić information content (AvgIpc) is 2.28. The van der Waals surface area contributed by atoms with E-state index < -0.39 is 22.4 Å². The summed E-state index contributed by atoms with van der Waals surface area (Å²) in [5.41, 5.74) is -0.328. The van der Waals surface area contributed by atoms with Crippen molar-refractivity contribution < 1.29 is 18.7 Å². The molecule has 1 rings (SSSR count). The zero-order valence-electron chi connectivity index (χ0n) is 9.50. The van der Waals surface area contributed by atoms with Gasteiger partial charge in [0.15, 0.2) is 5.78 Å². The van der Waals surface area contributed by atoms with Crippen LogP contribution in [0.1, 0.15) is 34.6 Å². The number of halogens is 2. The Morgan fingerprint density at radius 1 is 1.41 bits per heavy atom. The first-order chi connectivity index (χ1) is 7.99. The van der Waals surface area contributed by atoms with Crippen LogP contribution in [0.15, 0.2) is 18.2 Å². The minimum absolute atomic E-state index is 0.111. The molecular formula is C12H12BrFO3. The Morgan fingerprint density at radius 3 is 2.53 bits per heavy atom. The third-order valence-electron chi connectivity index (χ3n) is 2.12. The first-order valence-corrected chi connectivity index (χ1v) is 6.04. The molecule has 0 heterocycles. The molecule has 0 fully saturated rings. The normalized spacial score (nSPS) is 12.0. The van der Waals surface area contributed by atoms with Crippen LogP contribution in [0.3, 0.4) is 0 Å². The number of esters is 1. The molecule has 0 aliphatic heterocycles. The maximum atomic E-state index is 13.9. The van der Waals surface area contributed by atoms with Gasteiger partial charge in [-0.1, -0.05) is 22.0 Å². The summed E-state index contributed by atoms with van der Waals surface area (Å²) in [7, 11) is 0. The fourth-order valence-electron chi connectivity index (χ4n) is 1.30. The van der Waals surface area contributed by atoms with Crippen LogP contribution in [-0.2, 0) is 4.74 Å². The van der Waals surface area contributed by atoms with Gasteiger partial charge in [-0.3, -0.25) is 4.79 Å². The molecule has 1 atom stereocenters. The first-order valence-electron chi connectivity index (χ1n) is 5.13. The maximum absolute atomic E-state index is 13.9. The molecule has 5 heteroatoms. The molecule has 0 aliphatic rings. The van der Waals surface area contributed by atoms with E-state index in [1.54, 1.807) is 13.8 Å². The van der Waals surface area contributed by atoms with Crippen LogP contribution in [0.4, 0.5) is 4.39 Å². The third kappa shape index (κ3) is 3.12. The van der Waals surface area contributed by atoms with Gasteiger partial charge < -0.3 is 4.74 Å². The van der Waals surface area contributed by atoms with Gasteiger partial charge in [0.2, 0.25) is 0 Å². The Morgan fingerprint density at radius 2 is 2.00 bits per heavy atom. The highest BCUT2D eigenvalue weighted by atomic mass is 79.9. The van der Waals surface area contributed by atoms with E-state index >= 15 is 0 Å². The molecule has 0 spiro atoms. The SMILES string of the molecule is CCOC(=O)c1cccc(C(=O)C(C)Br)c1F. The van der Waals surface area contributed by atoms with Crippen molar-refractivity contribution in [3.8, 4) is 0 Å². The van der Waals surface area contributed by atoms with Gasteiger partial charge in [0.25, 0.3) is 0 Å². The summed E-state index contributed by atoms with van der Waals surface area (Å²) in [5, 5.41) is 0. The molecule has 1 unspecified atom stereocenters. The number of ketones is 1. The number of hydrogen-bond acceptors (Lipinski definition) is 3. The lowest BCUT2D eigenvalue weighted by atomic mass is 10.0. The molecule has 92 valence electrons. The molecule has 17 heavy (non-hydrogen) atoms. The topological polar surface area (TPSA) is 43.4 Å². The molecule has 0 aromatic heterocycles. The number of ether oxygens (including phenoxy) is 1. The van der Waals surface area contributed by atoms with E-state index in [0.29, 0.717) is 0 Å². The Labute approximate surface area is 107 Å².